The fourth-order valence-electron chi connectivity index (χ4n) is 2.31. The summed E-state index contributed by atoms with van der Waals surface area (Å²) < 4.78 is 24.3. The highest BCUT2D eigenvalue weighted by Gasteiger charge is 2.28. The number of aromatic hydroxyl groups is 1. The summed E-state index contributed by atoms with van der Waals surface area (Å²) in [6, 6.07) is 3.23. The number of fused-ring (bicyclic) bond motifs is 1. The Labute approximate surface area is 104 Å². The van der Waals surface area contributed by atoms with E-state index in [-0.39, 0.29) is 23.2 Å². The van der Waals surface area contributed by atoms with Crippen LogP contribution < -0.4 is 0 Å². The van der Waals surface area contributed by atoms with Crippen molar-refractivity contribution in [3.8, 4) is 5.75 Å². The third-order valence-corrected chi connectivity index (χ3v) is 5.02. The smallest absolute Gasteiger partial charge is 0.197 e. The van der Waals surface area contributed by atoms with Crippen molar-refractivity contribution in [2.24, 2.45) is 5.92 Å². The van der Waals surface area contributed by atoms with Crippen molar-refractivity contribution in [3.63, 3.8) is 0 Å². The van der Waals surface area contributed by atoms with Crippen molar-refractivity contribution in [3.05, 3.63) is 24.2 Å². The van der Waals surface area contributed by atoms with E-state index in [0.29, 0.717) is 24.3 Å². The normalized spacial score (nSPS) is 22.6. The highest BCUT2D eigenvalue weighted by atomic mass is 32.2. The Hall–Kier alpha value is -1.63. The van der Waals surface area contributed by atoms with Crippen LogP contribution in [0.25, 0.3) is 5.65 Å². The van der Waals surface area contributed by atoms with Gasteiger partial charge in [0.05, 0.1) is 11.5 Å². The van der Waals surface area contributed by atoms with Gasteiger partial charge in [-0.25, -0.2) is 17.9 Å². The van der Waals surface area contributed by atoms with Crippen molar-refractivity contribution in [1.29, 1.82) is 0 Å². The molecule has 1 aliphatic rings. The van der Waals surface area contributed by atoms with Crippen LogP contribution in [-0.2, 0) is 16.3 Å². The lowest BCUT2D eigenvalue weighted by Crippen LogP contribution is -2.08. The van der Waals surface area contributed by atoms with E-state index in [4.69, 9.17) is 0 Å². The summed E-state index contributed by atoms with van der Waals surface area (Å²) in [7, 11) is -2.87. The third-order valence-electron chi connectivity index (χ3n) is 3.18. The molecule has 18 heavy (non-hydrogen) atoms. The van der Waals surface area contributed by atoms with Crippen LogP contribution in [0.5, 0.6) is 5.75 Å². The molecule has 0 spiro atoms. The van der Waals surface area contributed by atoms with E-state index in [1.54, 1.807) is 18.3 Å². The zero-order valence-corrected chi connectivity index (χ0v) is 10.5. The van der Waals surface area contributed by atoms with E-state index < -0.39 is 9.84 Å². The summed E-state index contributed by atoms with van der Waals surface area (Å²) in [5.41, 5.74) is 0.411. The van der Waals surface area contributed by atoms with E-state index in [9.17, 15) is 13.5 Å². The Morgan fingerprint density at radius 3 is 3.00 bits per heavy atom. The maximum absolute atomic E-state index is 11.4. The number of sulfone groups is 1. The van der Waals surface area contributed by atoms with Crippen LogP contribution in [0.3, 0.4) is 0 Å². The summed E-state index contributed by atoms with van der Waals surface area (Å²) in [6.45, 7) is 0. The van der Waals surface area contributed by atoms with Gasteiger partial charge in [-0.3, -0.25) is 0 Å². The molecule has 1 fully saturated rings. The largest absolute Gasteiger partial charge is 0.504 e. The monoisotopic (exact) mass is 267 g/mol. The second-order valence-corrected chi connectivity index (χ2v) is 6.89. The highest BCUT2D eigenvalue weighted by molar-refractivity contribution is 7.91. The first-order valence-corrected chi connectivity index (χ1v) is 7.59. The molecular weight excluding hydrogens is 254 g/mol. The Morgan fingerprint density at radius 2 is 2.33 bits per heavy atom. The lowest BCUT2D eigenvalue weighted by molar-refractivity contribution is 0.477. The minimum atomic E-state index is -2.87. The molecule has 3 rings (SSSR count). The first kappa shape index (κ1) is 11.5. The van der Waals surface area contributed by atoms with E-state index >= 15 is 0 Å². The van der Waals surface area contributed by atoms with Crippen LogP contribution in [0.1, 0.15) is 12.2 Å². The third kappa shape index (κ3) is 2.05. The van der Waals surface area contributed by atoms with Crippen LogP contribution in [0.2, 0.25) is 0 Å². The van der Waals surface area contributed by atoms with E-state index in [2.05, 4.69) is 10.1 Å². The van der Waals surface area contributed by atoms with Crippen molar-refractivity contribution in [1.82, 2.24) is 14.6 Å². The predicted octanol–water partition coefficient (Wildman–Crippen LogP) is 0.412. The topological polar surface area (TPSA) is 84.6 Å². The molecule has 0 saturated carbocycles. The first-order valence-electron chi connectivity index (χ1n) is 5.77. The second-order valence-electron chi connectivity index (χ2n) is 4.66. The van der Waals surface area contributed by atoms with Crippen LogP contribution >= 0.6 is 0 Å². The summed E-state index contributed by atoms with van der Waals surface area (Å²) in [5.74, 6) is 1.23. The lowest BCUT2D eigenvalue weighted by atomic mass is 10.1. The molecule has 1 aliphatic heterocycles. The van der Waals surface area contributed by atoms with Gasteiger partial charge in [0.15, 0.2) is 27.1 Å². The van der Waals surface area contributed by atoms with Gasteiger partial charge in [0.1, 0.15) is 0 Å². The maximum Gasteiger partial charge on any atom is 0.197 e. The molecule has 1 N–H and O–H groups in total. The first-order chi connectivity index (χ1) is 8.53. The molecule has 1 unspecified atom stereocenters. The van der Waals surface area contributed by atoms with Gasteiger partial charge in [-0.2, -0.15) is 5.10 Å². The van der Waals surface area contributed by atoms with Gasteiger partial charge in [0.2, 0.25) is 0 Å². The average molecular weight is 267 g/mol. The van der Waals surface area contributed by atoms with Crippen molar-refractivity contribution >= 4 is 15.5 Å². The molecule has 0 bridgehead atoms. The van der Waals surface area contributed by atoms with Crippen LogP contribution in [0, 0.1) is 5.92 Å². The molecule has 1 atom stereocenters. The number of rotatable bonds is 2. The van der Waals surface area contributed by atoms with Gasteiger partial charge in [-0.05, 0) is 24.5 Å². The van der Waals surface area contributed by atoms with Gasteiger partial charge < -0.3 is 5.11 Å². The molecule has 7 heteroatoms. The van der Waals surface area contributed by atoms with Crippen molar-refractivity contribution in [2.75, 3.05) is 11.5 Å². The van der Waals surface area contributed by atoms with Gasteiger partial charge in [-0.1, -0.05) is 0 Å². The fourth-order valence-corrected chi connectivity index (χ4v) is 4.18. The molecule has 2 aromatic rings. The van der Waals surface area contributed by atoms with Crippen molar-refractivity contribution in [2.45, 2.75) is 12.8 Å². The number of nitrogens with zero attached hydrogens (tertiary/aromatic N) is 3. The Balaban J connectivity index is 1.86. The number of hydrogen-bond acceptors (Lipinski definition) is 5. The average Bonchev–Trinajstić information content (AvgIpc) is 2.83. The van der Waals surface area contributed by atoms with Crippen LogP contribution in [0.15, 0.2) is 18.3 Å². The Morgan fingerprint density at radius 1 is 1.50 bits per heavy atom. The van der Waals surface area contributed by atoms with E-state index in [1.165, 1.54) is 4.52 Å². The van der Waals surface area contributed by atoms with E-state index in [0.717, 1.165) is 0 Å². The molecule has 1 saturated heterocycles. The van der Waals surface area contributed by atoms with Gasteiger partial charge in [-0.15, -0.1) is 0 Å². The summed E-state index contributed by atoms with van der Waals surface area (Å²) in [6.07, 6.45) is 2.92. The maximum atomic E-state index is 11.4. The fraction of sp³-hybridized carbons (Fsp3) is 0.455. The zero-order chi connectivity index (χ0) is 12.8. The van der Waals surface area contributed by atoms with Gasteiger partial charge in [0, 0.05) is 12.6 Å². The zero-order valence-electron chi connectivity index (χ0n) is 9.65. The number of pyridine rings is 1. The highest BCUT2D eigenvalue weighted by Crippen LogP contribution is 2.22. The lowest BCUT2D eigenvalue weighted by Gasteiger charge is -2.01. The van der Waals surface area contributed by atoms with Crippen molar-refractivity contribution < 1.29 is 13.5 Å². The molecule has 96 valence electrons. The quantitative estimate of drug-likeness (QED) is 0.852. The molecule has 0 radical (unpaired) electrons. The minimum absolute atomic E-state index is 0.0790. The standard InChI is InChI=1S/C11H13N3O3S/c15-9-2-1-4-14-11(9)12-10(13-14)6-8-3-5-18(16,17)7-8/h1-2,4,8,15H,3,5-7H2. The summed E-state index contributed by atoms with van der Waals surface area (Å²) >= 11 is 0. The minimum Gasteiger partial charge on any atom is -0.504 e. The predicted molar refractivity (Wildman–Crippen MR) is 65.1 cm³/mol. The molecule has 6 nitrogen and oxygen atoms in total. The second kappa shape index (κ2) is 3.94. The Kier molecular flexibility index (Phi) is 2.51. The molecule has 0 aliphatic carbocycles. The number of aromatic nitrogens is 3. The van der Waals surface area contributed by atoms with E-state index in [1.807, 2.05) is 0 Å². The Bertz CT molecular complexity index is 693. The summed E-state index contributed by atoms with van der Waals surface area (Å²) in [5, 5.41) is 13.8. The van der Waals surface area contributed by atoms with Crippen LogP contribution in [-0.4, -0.2) is 39.6 Å². The SMILES string of the molecule is O=S1(=O)CCC(Cc2nc3c(O)cccn3n2)C1. The summed E-state index contributed by atoms with van der Waals surface area (Å²) in [4.78, 5) is 4.23. The molecule has 0 aromatic carbocycles. The van der Waals surface area contributed by atoms with Gasteiger partial charge in [0.25, 0.3) is 0 Å². The molecule has 0 amide bonds. The molecule has 2 aromatic heterocycles. The molecule has 3 heterocycles. The number of hydrogen-bond donors (Lipinski definition) is 1. The molecular formula is C11H13N3O3S. The van der Waals surface area contributed by atoms with Gasteiger partial charge >= 0.3 is 0 Å². The van der Waals surface area contributed by atoms with Crippen LogP contribution in [0.4, 0.5) is 0 Å².